The fourth-order valence-corrected chi connectivity index (χ4v) is 2.01. The van der Waals surface area contributed by atoms with Crippen molar-refractivity contribution in [2.24, 2.45) is 0 Å². The van der Waals surface area contributed by atoms with E-state index in [0.29, 0.717) is 4.90 Å². The van der Waals surface area contributed by atoms with E-state index in [1.807, 2.05) is 19.1 Å². The highest BCUT2D eigenvalue weighted by molar-refractivity contribution is 7.91. The smallest absolute Gasteiger partial charge is 0.0699 e. The molecule has 0 aliphatic heterocycles. The van der Waals surface area contributed by atoms with Gasteiger partial charge in [0.25, 0.3) is 0 Å². The SMILES string of the molecule is Cc1ccccc1[S@@](C)(=N)=O. The van der Waals surface area contributed by atoms with Crippen LogP contribution in [0.3, 0.4) is 0 Å². The van der Waals surface area contributed by atoms with Crippen molar-refractivity contribution >= 4 is 9.73 Å². The first-order valence-electron chi connectivity index (χ1n) is 3.31. The fourth-order valence-electron chi connectivity index (χ4n) is 0.993. The van der Waals surface area contributed by atoms with Gasteiger partial charge in [0.2, 0.25) is 0 Å². The number of nitrogens with one attached hydrogen (secondary N) is 1. The summed E-state index contributed by atoms with van der Waals surface area (Å²) in [4.78, 5) is 0.639. The maximum Gasteiger partial charge on any atom is 0.0699 e. The molecule has 0 heterocycles. The standard InChI is InChI=1S/C8H11NOS/c1-7-5-3-4-6-8(7)11(2,9)10/h3-6,9H,1-2H3/t11-/m0/s1. The van der Waals surface area contributed by atoms with E-state index in [0.717, 1.165) is 5.56 Å². The van der Waals surface area contributed by atoms with Crippen molar-refractivity contribution in [2.45, 2.75) is 11.8 Å². The van der Waals surface area contributed by atoms with Crippen molar-refractivity contribution in [3.05, 3.63) is 29.8 Å². The zero-order valence-corrected chi connectivity index (χ0v) is 7.44. The van der Waals surface area contributed by atoms with E-state index in [-0.39, 0.29) is 0 Å². The summed E-state index contributed by atoms with van der Waals surface area (Å²) in [5.74, 6) is 0. The van der Waals surface area contributed by atoms with E-state index in [4.69, 9.17) is 4.78 Å². The summed E-state index contributed by atoms with van der Waals surface area (Å²) in [6.07, 6.45) is 1.44. The van der Waals surface area contributed by atoms with Crippen molar-refractivity contribution in [2.75, 3.05) is 6.26 Å². The second-order valence-electron chi connectivity index (χ2n) is 2.61. The summed E-state index contributed by atoms with van der Waals surface area (Å²) in [6.45, 7) is 1.87. The lowest BCUT2D eigenvalue weighted by Gasteiger charge is -2.03. The van der Waals surface area contributed by atoms with Gasteiger partial charge in [-0.05, 0) is 18.6 Å². The summed E-state index contributed by atoms with van der Waals surface area (Å²) < 4.78 is 18.6. The molecule has 0 amide bonds. The van der Waals surface area contributed by atoms with Crippen LogP contribution in [-0.4, -0.2) is 10.5 Å². The van der Waals surface area contributed by atoms with Gasteiger partial charge in [0, 0.05) is 11.2 Å². The van der Waals surface area contributed by atoms with Gasteiger partial charge in [-0.1, -0.05) is 18.2 Å². The molecule has 0 spiro atoms. The molecule has 0 saturated carbocycles. The molecule has 2 nitrogen and oxygen atoms in total. The highest BCUT2D eigenvalue weighted by Crippen LogP contribution is 2.13. The molecule has 1 N–H and O–H groups in total. The highest BCUT2D eigenvalue weighted by Gasteiger charge is 2.04. The fraction of sp³-hybridized carbons (Fsp3) is 0.250. The van der Waals surface area contributed by atoms with Crippen molar-refractivity contribution < 1.29 is 4.21 Å². The predicted octanol–water partition coefficient (Wildman–Crippen LogP) is 2.03. The van der Waals surface area contributed by atoms with Gasteiger partial charge in [-0.2, -0.15) is 0 Å². The number of hydrogen-bond acceptors (Lipinski definition) is 2. The normalized spacial score (nSPS) is 15.8. The molecule has 1 aromatic rings. The highest BCUT2D eigenvalue weighted by atomic mass is 32.2. The number of rotatable bonds is 1. The lowest BCUT2D eigenvalue weighted by Crippen LogP contribution is -1.96. The third-order valence-electron chi connectivity index (χ3n) is 1.51. The maximum absolute atomic E-state index is 11.3. The second kappa shape index (κ2) is 2.66. The molecule has 0 radical (unpaired) electrons. The largest absolute Gasteiger partial charge is 0.249 e. The molecule has 0 bridgehead atoms. The lowest BCUT2D eigenvalue weighted by molar-refractivity contribution is 0.678. The number of benzene rings is 1. The molecule has 0 aliphatic carbocycles. The Morgan fingerprint density at radius 3 is 2.27 bits per heavy atom. The summed E-state index contributed by atoms with van der Waals surface area (Å²) in [7, 11) is -2.53. The molecule has 1 aromatic carbocycles. The summed E-state index contributed by atoms with van der Waals surface area (Å²) in [5, 5.41) is 0. The topological polar surface area (TPSA) is 40.9 Å². The summed E-state index contributed by atoms with van der Waals surface area (Å²) in [5.41, 5.74) is 0.926. The van der Waals surface area contributed by atoms with Crippen LogP contribution in [0.15, 0.2) is 29.2 Å². The zero-order valence-electron chi connectivity index (χ0n) is 6.63. The van der Waals surface area contributed by atoms with Gasteiger partial charge >= 0.3 is 0 Å². The van der Waals surface area contributed by atoms with Crippen LogP contribution < -0.4 is 0 Å². The van der Waals surface area contributed by atoms with Crippen molar-refractivity contribution in [3.8, 4) is 0 Å². The predicted molar refractivity (Wildman–Crippen MR) is 46.2 cm³/mol. The molecule has 0 aliphatic rings. The first-order chi connectivity index (χ1) is 5.02. The van der Waals surface area contributed by atoms with E-state index in [2.05, 4.69) is 0 Å². The third kappa shape index (κ3) is 1.80. The molecular weight excluding hydrogens is 158 g/mol. The second-order valence-corrected chi connectivity index (χ2v) is 4.74. The van der Waals surface area contributed by atoms with Crippen LogP contribution in [0, 0.1) is 11.7 Å². The van der Waals surface area contributed by atoms with Crippen LogP contribution >= 0.6 is 0 Å². The minimum absolute atomic E-state index is 0.639. The molecule has 3 heteroatoms. The molecule has 0 fully saturated rings. The molecular formula is C8H11NOS. The average molecular weight is 169 g/mol. The third-order valence-corrected chi connectivity index (χ3v) is 2.81. The molecule has 1 atom stereocenters. The van der Waals surface area contributed by atoms with Gasteiger partial charge in [-0.15, -0.1) is 0 Å². The lowest BCUT2D eigenvalue weighted by atomic mass is 10.2. The molecule has 60 valence electrons. The van der Waals surface area contributed by atoms with E-state index >= 15 is 0 Å². The Bertz CT molecular complexity index is 354. The Morgan fingerprint density at radius 2 is 1.91 bits per heavy atom. The van der Waals surface area contributed by atoms with Crippen LogP contribution in [0.1, 0.15) is 5.56 Å². The summed E-state index contributed by atoms with van der Waals surface area (Å²) >= 11 is 0. The summed E-state index contributed by atoms with van der Waals surface area (Å²) in [6, 6.07) is 7.29. The van der Waals surface area contributed by atoms with E-state index < -0.39 is 9.73 Å². The van der Waals surface area contributed by atoms with E-state index in [1.165, 1.54) is 6.26 Å². The van der Waals surface area contributed by atoms with E-state index in [9.17, 15) is 4.21 Å². The first-order valence-corrected chi connectivity index (χ1v) is 5.28. The Morgan fingerprint density at radius 1 is 1.36 bits per heavy atom. The Kier molecular flexibility index (Phi) is 2.00. The monoisotopic (exact) mass is 169 g/mol. The first kappa shape index (κ1) is 8.27. The Labute approximate surface area is 67.2 Å². The molecule has 11 heavy (non-hydrogen) atoms. The van der Waals surface area contributed by atoms with Crippen molar-refractivity contribution in [1.82, 2.24) is 0 Å². The van der Waals surface area contributed by atoms with Gasteiger partial charge in [0.05, 0.1) is 9.73 Å². The van der Waals surface area contributed by atoms with Crippen molar-refractivity contribution in [1.29, 1.82) is 4.78 Å². The van der Waals surface area contributed by atoms with Crippen LogP contribution in [0.25, 0.3) is 0 Å². The van der Waals surface area contributed by atoms with Crippen LogP contribution in [-0.2, 0) is 9.73 Å². The molecule has 0 unspecified atom stereocenters. The number of hydrogen-bond donors (Lipinski definition) is 1. The average Bonchev–Trinajstić information content (AvgIpc) is 1.86. The quantitative estimate of drug-likeness (QED) is 0.686. The zero-order chi connectivity index (χ0) is 8.48. The maximum atomic E-state index is 11.3. The van der Waals surface area contributed by atoms with Gasteiger partial charge < -0.3 is 0 Å². The van der Waals surface area contributed by atoms with Crippen LogP contribution in [0.2, 0.25) is 0 Å². The number of aryl methyl sites for hydroxylation is 1. The molecule has 0 saturated heterocycles. The minimum Gasteiger partial charge on any atom is -0.249 e. The Hall–Kier alpha value is -0.830. The van der Waals surface area contributed by atoms with Crippen molar-refractivity contribution in [3.63, 3.8) is 0 Å². The van der Waals surface area contributed by atoms with Gasteiger partial charge in [-0.3, -0.25) is 0 Å². The van der Waals surface area contributed by atoms with Crippen LogP contribution in [0.5, 0.6) is 0 Å². The van der Waals surface area contributed by atoms with Crippen LogP contribution in [0.4, 0.5) is 0 Å². The molecule has 0 aromatic heterocycles. The Balaban J connectivity index is 3.37. The van der Waals surface area contributed by atoms with E-state index in [1.54, 1.807) is 12.1 Å². The minimum atomic E-state index is -2.53. The van der Waals surface area contributed by atoms with Gasteiger partial charge in [-0.25, -0.2) is 8.99 Å². The van der Waals surface area contributed by atoms with Gasteiger partial charge in [0.1, 0.15) is 0 Å². The van der Waals surface area contributed by atoms with Gasteiger partial charge in [0.15, 0.2) is 0 Å². The molecule has 1 rings (SSSR count).